The maximum atomic E-state index is 12.3. The molecule has 2 aromatic heterocycles. The van der Waals surface area contributed by atoms with Crippen molar-refractivity contribution in [3.05, 3.63) is 35.8 Å². The van der Waals surface area contributed by atoms with E-state index in [1.807, 2.05) is 27.7 Å². The third-order valence-electron chi connectivity index (χ3n) is 4.40. The van der Waals surface area contributed by atoms with E-state index < -0.39 is 5.60 Å². The summed E-state index contributed by atoms with van der Waals surface area (Å²) in [6.45, 7) is 12.9. The maximum absolute atomic E-state index is 12.3. The lowest BCUT2D eigenvalue weighted by Gasteiger charge is -2.24. The summed E-state index contributed by atoms with van der Waals surface area (Å²) in [5, 5.41) is 1.87. The molecule has 0 saturated carbocycles. The Bertz CT molecular complexity index is 926. The van der Waals surface area contributed by atoms with Crippen LogP contribution in [0.25, 0.3) is 16.5 Å². The van der Waals surface area contributed by atoms with Crippen LogP contribution in [0, 0.1) is 0 Å². The van der Waals surface area contributed by atoms with Crippen LogP contribution >= 0.6 is 11.6 Å². The fourth-order valence-electron chi connectivity index (χ4n) is 3.13. The molecule has 1 aliphatic heterocycles. The summed E-state index contributed by atoms with van der Waals surface area (Å²) in [5.74, 6) is 0.948. The van der Waals surface area contributed by atoms with Crippen LogP contribution in [-0.4, -0.2) is 52.4 Å². The van der Waals surface area contributed by atoms with E-state index in [4.69, 9.17) is 25.8 Å². The first-order valence-corrected chi connectivity index (χ1v) is 9.96. The summed E-state index contributed by atoms with van der Waals surface area (Å²) in [7, 11) is 0. The topological polar surface area (TPSA) is 73.8 Å². The molecular weight excluding hydrogens is 394 g/mol. The van der Waals surface area contributed by atoms with Crippen LogP contribution < -0.4 is 4.74 Å². The van der Waals surface area contributed by atoms with Crippen molar-refractivity contribution >= 4 is 34.2 Å². The summed E-state index contributed by atoms with van der Waals surface area (Å²) >= 11 is 6.10. The van der Waals surface area contributed by atoms with Crippen molar-refractivity contribution in [3.8, 4) is 5.88 Å². The van der Waals surface area contributed by atoms with Crippen molar-refractivity contribution in [2.24, 2.45) is 0 Å². The van der Waals surface area contributed by atoms with Crippen molar-refractivity contribution < 1.29 is 19.0 Å². The van der Waals surface area contributed by atoms with Crippen molar-refractivity contribution in [2.45, 2.75) is 45.8 Å². The average molecular weight is 420 g/mol. The van der Waals surface area contributed by atoms with Crippen molar-refractivity contribution in [1.82, 2.24) is 14.9 Å². The second kappa shape index (κ2) is 8.45. The fraction of sp³-hybridized carbons (Fsp3) is 0.476. The molecule has 1 saturated heterocycles. The Kier molecular flexibility index (Phi) is 6.17. The number of rotatable bonds is 5. The summed E-state index contributed by atoms with van der Waals surface area (Å²) in [6, 6.07) is 1.74. The molecule has 29 heavy (non-hydrogen) atoms. The van der Waals surface area contributed by atoms with Crippen molar-refractivity contribution in [1.29, 1.82) is 0 Å². The largest absolute Gasteiger partial charge is 0.494 e. The number of pyridine rings is 2. The highest BCUT2D eigenvalue weighted by Gasteiger charge is 2.31. The minimum Gasteiger partial charge on any atom is -0.494 e. The second-order valence-corrected chi connectivity index (χ2v) is 8.23. The van der Waals surface area contributed by atoms with Crippen LogP contribution in [0.3, 0.4) is 0 Å². The molecule has 1 unspecified atom stereocenters. The van der Waals surface area contributed by atoms with Gasteiger partial charge in [-0.3, -0.25) is 0 Å². The zero-order valence-corrected chi connectivity index (χ0v) is 18.0. The van der Waals surface area contributed by atoms with Gasteiger partial charge in [0.05, 0.1) is 18.5 Å². The van der Waals surface area contributed by atoms with Gasteiger partial charge in [-0.1, -0.05) is 18.2 Å². The zero-order chi connectivity index (χ0) is 21.2. The Labute approximate surface area is 175 Å². The van der Waals surface area contributed by atoms with Crippen LogP contribution in [0.5, 0.6) is 5.88 Å². The predicted molar refractivity (Wildman–Crippen MR) is 112 cm³/mol. The van der Waals surface area contributed by atoms with Gasteiger partial charge >= 0.3 is 6.09 Å². The predicted octanol–water partition coefficient (Wildman–Crippen LogP) is 4.68. The number of ether oxygens (including phenoxy) is 3. The molecule has 0 bridgehead atoms. The minimum atomic E-state index is -0.530. The van der Waals surface area contributed by atoms with Crippen LogP contribution in [-0.2, 0) is 9.47 Å². The van der Waals surface area contributed by atoms with Crippen LogP contribution in [0.15, 0.2) is 25.0 Å². The summed E-state index contributed by atoms with van der Waals surface area (Å²) in [6.07, 6.45) is 3.46. The number of carbonyl (C=O) groups excluding carboxylic acids is 1. The highest BCUT2D eigenvalue weighted by molar-refractivity contribution is 6.30. The molecule has 0 aromatic carbocycles. The Morgan fingerprint density at radius 1 is 1.31 bits per heavy atom. The lowest BCUT2D eigenvalue weighted by Crippen LogP contribution is -2.36. The zero-order valence-electron chi connectivity index (χ0n) is 17.2. The molecule has 0 aliphatic carbocycles. The molecule has 7 nitrogen and oxygen atoms in total. The number of hydrogen-bond donors (Lipinski definition) is 0. The fourth-order valence-corrected chi connectivity index (χ4v) is 3.29. The number of carbonyl (C=O) groups is 1. The van der Waals surface area contributed by atoms with Gasteiger partial charge in [-0.15, -0.1) is 0 Å². The summed E-state index contributed by atoms with van der Waals surface area (Å²) in [5.41, 5.74) is 0.206. The van der Waals surface area contributed by atoms with Crippen LogP contribution in [0.1, 0.15) is 39.7 Å². The highest BCUT2D eigenvalue weighted by atomic mass is 35.5. The van der Waals surface area contributed by atoms with Gasteiger partial charge in [-0.2, -0.15) is 0 Å². The number of aromatic nitrogens is 2. The van der Waals surface area contributed by atoms with Gasteiger partial charge in [0.25, 0.3) is 0 Å². The molecule has 8 heteroatoms. The smallest absolute Gasteiger partial charge is 0.410 e. The Morgan fingerprint density at radius 3 is 2.76 bits per heavy atom. The quantitative estimate of drug-likeness (QED) is 0.517. The van der Waals surface area contributed by atoms with E-state index in [1.165, 1.54) is 0 Å². The van der Waals surface area contributed by atoms with E-state index in [2.05, 4.69) is 16.5 Å². The SMILES string of the molecule is C=C(OCC)c1cnc(OC2CCN(C(=O)OC(C)(C)C)C2)c2cnc(Cl)cc12. The second-order valence-electron chi connectivity index (χ2n) is 7.84. The Balaban J connectivity index is 1.80. The first-order valence-electron chi connectivity index (χ1n) is 9.59. The van der Waals surface area contributed by atoms with Gasteiger partial charge in [0.2, 0.25) is 5.88 Å². The van der Waals surface area contributed by atoms with Crippen LogP contribution in [0.2, 0.25) is 5.15 Å². The van der Waals surface area contributed by atoms with Crippen LogP contribution in [0.4, 0.5) is 4.79 Å². The first-order chi connectivity index (χ1) is 13.7. The van der Waals surface area contributed by atoms with E-state index in [1.54, 1.807) is 23.4 Å². The van der Waals surface area contributed by atoms with E-state index in [0.717, 1.165) is 10.9 Å². The lowest BCUT2D eigenvalue weighted by molar-refractivity contribution is 0.0275. The molecule has 0 radical (unpaired) electrons. The van der Waals surface area contributed by atoms with Gasteiger partial charge in [0.15, 0.2) is 0 Å². The normalized spacial score (nSPS) is 16.7. The molecule has 1 amide bonds. The molecule has 3 rings (SSSR count). The first kappa shape index (κ1) is 21.2. The minimum absolute atomic E-state index is 0.185. The van der Waals surface area contributed by atoms with Crippen molar-refractivity contribution in [2.75, 3.05) is 19.7 Å². The molecular formula is C21H26ClN3O4. The third-order valence-corrected chi connectivity index (χ3v) is 4.60. The molecule has 1 atom stereocenters. The molecule has 3 heterocycles. The van der Waals surface area contributed by atoms with Gasteiger partial charge in [0, 0.05) is 36.3 Å². The average Bonchev–Trinajstić information content (AvgIpc) is 3.09. The lowest BCUT2D eigenvalue weighted by atomic mass is 10.1. The van der Waals surface area contributed by atoms with E-state index in [0.29, 0.717) is 48.3 Å². The van der Waals surface area contributed by atoms with Gasteiger partial charge < -0.3 is 19.1 Å². The molecule has 156 valence electrons. The third kappa shape index (κ3) is 5.09. The maximum Gasteiger partial charge on any atom is 0.410 e. The Morgan fingerprint density at radius 2 is 2.07 bits per heavy atom. The van der Waals surface area contributed by atoms with Gasteiger partial charge in [-0.05, 0) is 33.8 Å². The van der Waals surface area contributed by atoms with E-state index in [9.17, 15) is 4.79 Å². The molecule has 1 fully saturated rings. The monoisotopic (exact) mass is 419 g/mol. The number of halogens is 1. The summed E-state index contributed by atoms with van der Waals surface area (Å²) < 4.78 is 17.1. The molecule has 0 N–H and O–H groups in total. The molecule has 1 aliphatic rings. The number of amides is 1. The number of likely N-dealkylation sites (tertiary alicyclic amines) is 1. The van der Waals surface area contributed by atoms with E-state index >= 15 is 0 Å². The van der Waals surface area contributed by atoms with Crippen molar-refractivity contribution in [3.63, 3.8) is 0 Å². The highest BCUT2D eigenvalue weighted by Crippen LogP contribution is 2.32. The van der Waals surface area contributed by atoms with Gasteiger partial charge in [0.1, 0.15) is 22.6 Å². The van der Waals surface area contributed by atoms with E-state index in [-0.39, 0.29) is 12.2 Å². The number of hydrogen-bond acceptors (Lipinski definition) is 6. The Hall–Kier alpha value is -2.54. The molecule has 2 aromatic rings. The van der Waals surface area contributed by atoms with Gasteiger partial charge in [-0.25, -0.2) is 14.8 Å². The standard InChI is InChI=1S/C21H26ClN3O4/c1-6-27-13(2)16-10-24-19(17-11-23-18(22)9-15(16)17)28-14-7-8-25(12-14)20(26)29-21(3,4)5/h9-11,14H,2,6-8,12H2,1,3-5H3. The number of nitrogens with zero attached hydrogens (tertiary/aromatic N) is 3. The molecule has 0 spiro atoms. The summed E-state index contributed by atoms with van der Waals surface area (Å²) in [4.78, 5) is 22.5. The number of fused-ring (bicyclic) bond motifs is 1.